The molecule has 0 aliphatic carbocycles. The molecule has 0 spiro atoms. The predicted octanol–water partition coefficient (Wildman–Crippen LogP) is 3.54. The molecular weight excluding hydrogens is 444 g/mol. The van der Waals surface area contributed by atoms with Gasteiger partial charge in [0.1, 0.15) is 5.82 Å². The molecule has 0 bridgehead atoms. The number of esters is 1. The van der Waals surface area contributed by atoms with Gasteiger partial charge in [-0.25, -0.2) is 4.98 Å². The lowest BCUT2D eigenvalue weighted by atomic mass is 9.94. The highest BCUT2D eigenvalue weighted by Crippen LogP contribution is 2.41. The molecule has 3 aromatic rings. The minimum absolute atomic E-state index is 0.0667. The van der Waals surface area contributed by atoms with Crippen molar-refractivity contribution in [3.05, 3.63) is 45.0 Å². The summed E-state index contributed by atoms with van der Waals surface area (Å²) < 4.78 is 7.39. The van der Waals surface area contributed by atoms with E-state index in [2.05, 4.69) is 43.0 Å². The van der Waals surface area contributed by atoms with E-state index in [-0.39, 0.29) is 23.8 Å². The summed E-state index contributed by atoms with van der Waals surface area (Å²) in [6.07, 6.45) is 1.47. The van der Waals surface area contributed by atoms with Crippen molar-refractivity contribution in [2.45, 2.75) is 25.8 Å². The van der Waals surface area contributed by atoms with Gasteiger partial charge in [-0.15, -0.1) is 5.10 Å². The molecule has 2 aromatic heterocycles. The van der Waals surface area contributed by atoms with E-state index in [9.17, 15) is 9.90 Å². The number of piperidine rings is 1. The van der Waals surface area contributed by atoms with Crippen LogP contribution in [0.25, 0.3) is 4.96 Å². The van der Waals surface area contributed by atoms with Crippen LogP contribution in [0.1, 0.15) is 35.1 Å². The van der Waals surface area contributed by atoms with Crippen LogP contribution in [0.4, 0.5) is 0 Å². The lowest BCUT2D eigenvalue weighted by Gasteiger charge is -2.36. The van der Waals surface area contributed by atoms with Gasteiger partial charge < -0.3 is 9.84 Å². The summed E-state index contributed by atoms with van der Waals surface area (Å²) in [5, 5.41) is 15.2. The molecule has 7 nitrogen and oxygen atoms in total. The van der Waals surface area contributed by atoms with Crippen molar-refractivity contribution < 1.29 is 14.6 Å². The van der Waals surface area contributed by atoms with E-state index in [4.69, 9.17) is 4.74 Å². The van der Waals surface area contributed by atoms with E-state index in [0.717, 1.165) is 40.8 Å². The van der Waals surface area contributed by atoms with Gasteiger partial charge in [0.05, 0.1) is 23.9 Å². The number of rotatable bonds is 4. The molecule has 0 radical (unpaired) electrons. The largest absolute Gasteiger partial charge is 0.492 e. The Morgan fingerprint density at radius 1 is 1.39 bits per heavy atom. The van der Waals surface area contributed by atoms with Crippen molar-refractivity contribution in [1.82, 2.24) is 19.5 Å². The molecule has 1 aliphatic rings. The number of thiazole rings is 1. The van der Waals surface area contributed by atoms with Crippen molar-refractivity contribution in [3.63, 3.8) is 0 Å². The monoisotopic (exact) mass is 464 g/mol. The zero-order valence-corrected chi connectivity index (χ0v) is 18.0. The number of carbonyl (C=O) groups excluding carboxylic acids is 1. The van der Waals surface area contributed by atoms with Crippen LogP contribution in [0, 0.1) is 12.8 Å². The summed E-state index contributed by atoms with van der Waals surface area (Å²) >= 11 is 5.00. The van der Waals surface area contributed by atoms with E-state index in [0.29, 0.717) is 10.8 Å². The van der Waals surface area contributed by atoms with E-state index >= 15 is 0 Å². The third-order valence-electron chi connectivity index (χ3n) is 5.15. The molecule has 3 heterocycles. The fourth-order valence-corrected chi connectivity index (χ4v) is 5.37. The van der Waals surface area contributed by atoms with Gasteiger partial charge in [0.2, 0.25) is 10.8 Å². The number of hydrogen-bond donors (Lipinski definition) is 1. The number of carbonyl (C=O) groups is 1. The number of aromatic nitrogens is 3. The number of fused-ring (bicyclic) bond motifs is 1. The Bertz CT molecular complexity index is 1010. The number of hydrogen-bond acceptors (Lipinski definition) is 7. The van der Waals surface area contributed by atoms with Gasteiger partial charge in [0, 0.05) is 4.47 Å². The summed E-state index contributed by atoms with van der Waals surface area (Å²) in [5.74, 6) is 0.547. The number of ether oxygens (including phenoxy) is 1. The SMILES string of the molecule is COC(=O)C1CCN([C@H](c2cccc(Br)c2)c2sc3nc(C)nn3c2O)CC1. The standard InChI is InChI=1S/C19H21BrN4O3S/c1-11-21-19-24(22-11)17(25)16(28-19)15(13-4-3-5-14(20)10-13)23-8-6-12(7-9-23)18(26)27-2/h3-5,10,12,15,25H,6-9H2,1-2H3/t15-/m1/s1. The lowest BCUT2D eigenvalue weighted by Crippen LogP contribution is -2.39. The molecule has 9 heteroatoms. The first-order valence-corrected chi connectivity index (χ1v) is 10.7. The van der Waals surface area contributed by atoms with Crippen LogP contribution < -0.4 is 0 Å². The van der Waals surface area contributed by atoms with Crippen molar-refractivity contribution in [2.75, 3.05) is 20.2 Å². The second-order valence-corrected chi connectivity index (χ2v) is 8.86. The molecule has 1 saturated heterocycles. The van der Waals surface area contributed by atoms with E-state index in [1.54, 1.807) is 0 Å². The number of aromatic hydroxyl groups is 1. The average Bonchev–Trinajstić information content (AvgIpc) is 3.19. The topological polar surface area (TPSA) is 80.0 Å². The first-order valence-electron chi connectivity index (χ1n) is 9.10. The minimum Gasteiger partial charge on any atom is -0.492 e. The van der Waals surface area contributed by atoms with E-state index in [1.165, 1.54) is 23.0 Å². The molecule has 4 rings (SSSR count). The maximum Gasteiger partial charge on any atom is 0.308 e. The molecule has 1 aliphatic heterocycles. The van der Waals surface area contributed by atoms with Gasteiger partial charge in [0.25, 0.3) is 0 Å². The van der Waals surface area contributed by atoms with E-state index < -0.39 is 0 Å². The van der Waals surface area contributed by atoms with Gasteiger partial charge in [0.15, 0.2) is 0 Å². The molecule has 1 N–H and O–H groups in total. The Labute approximate surface area is 175 Å². The Hall–Kier alpha value is -1.97. The quantitative estimate of drug-likeness (QED) is 0.594. The fraction of sp³-hybridized carbons (Fsp3) is 0.421. The molecule has 0 unspecified atom stereocenters. The number of methoxy groups -OCH3 is 1. The second-order valence-electron chi connectivity index (χ2n) is 6.93. The Kier molecular flexibility index (Phi) is 5.39. The lowest BCUT2D eigenvalue weighted by molar-refractivity contribution is -0.147. The van der Waals surface area contributed by atoms with Crippen LogP contribution in [0.2, 0.25) is 0 Å². The zero-order valence-electron chi connectivity index (χ0n) is 15.6. The minimum atomic E-state index is -0.143. The highest BCUT2D eigenvalue weighted by molar-refractivity contribution is 9.10. The first-order chi connectivity index (χ1) is 13.5. The van der Waals surface area contributed by atoms with Crippen LogP contribution in [0.5, 0.6) is 5.88 Å². The Morgan fingerprint density at radius 2 is 2.14 bits per heavy atom. The van der Waals surface area contributed by atoms with Crippen LogP contribution in [0.15, 0.2) is 28.7 Å². The van der Waals surface area contributed by atoms with Gasteiger partial charge in [-0.05, 0) is 50.6 Å². The van der Waals surface area contributed by atoms with Crippen LogP contribution in [-0.4, -0.2) is 50.8 Å². The summed E-state index contributed by atoms with van der Waals surface area (Å²) in [6, 6.07) is 7.96. The number of nitrogens with zero attached hydrogens (tertiary/aromatic N) is 4. The van der Waals surface area contributed by atoms with Gasteiger partial charge in [-0.2, -0.15) is 4.52 Å². The first kappa shape index (κ1) is 19.4. The summed E-state index contributed by atoms with van der Waals surface area (Å²) in [7, 11) is 1.44. The Balaban J connectivity index is 1.71. The number of halogens is 1. The number of benzene rings is 1. The van der Waals surface area contributed by atoms with Crippen LogP contribution >= 0.6 is 27.3 Å². The maximum atomic E-state index is 11.9. The normalized spacial score (nSPS) is 17.1. The zero-order chi connectivity index (χ0) is 19.8. The van der Waals surface area contributed by atoms with Crippen molar-refractivity contribution in [2.24, 2.45) is 5.92 Å². The molecule has 148 valence electrons. The van der Waals surface area contributed by atoms with Crippen molar-refractivity contribution >= 4 is 38.2 Å². The third-order valence-corrected chi connectivity index (χ3v) is 6.71. The smallest absolute Gasteiger partial charge is 0.308 e. The fourth-order valence-electron chi connectivity index (χ4n) is 3.79. The average molecular weight is 465 g/mol. The predicted molar refractivity (Wildman–Crippen MR) is 110 cm³/mol. The highest BCUT2D eigenvalue weighted by atomic mass is 79.9. The molecule has 1 fully saturated rings. The molecule has 28 heavy (non-hydrogen) atoms. The van der Waals surface area contributed by atoms with Crippen LogP contribution in [0.3, 0.4) is 0 Å². The molecule has 0 amide bonds. The number of likely N-dealkylation sites (tertiary alicyclic amines) is 1. The van der Waals surface area contributed by atoms with Gasteiger partial charge in [-0.3, -0.25) is 9.69 Å². The number of aryl methyl sites for hydroxylation is 1. The summed E-state index contributed by atoms with van der Waals surface area (Å²) in [4.78, 5) is 20.1. The van der Waals surface area contributed by atoms with Gasteiger partial charge in [-0.1, -0.05) is 39.4 Å². The van der Waals surface area contributed by atoms with Crippen molar-refractivity contribution in [1.29, 1.82) is 0 Å². The molecule has 1 atom stereocenters. The highest BCUT2D eigenvalue weighted by Gasteiger charge is 2.34. The molecule has 1 aromatic carbocycles. The van der Waals surface area contributed by atoms with Crippen molar-refractivity contribution in [3.8, 4) is 5.88 Å². The van der Waals surface area contributed by atoms with E-state index in [1.807, 2.05) is 19.1 Å². The summed E-state index contributed by atoms with van der Waals surface area (Å²) in [6.45, 7) is 3.29. The maximum absolute atomic E-state index is 11.9. The summed E-state index contributed by atoms with van der Waals surface area (Å²) in [5.41, 5.74) is 1.07. The molecule has 0 saturated carbocycles. The van der Waals surface area contributed by atoms with Crippen LogP contribution in [-0.2, 0) is 9.53 Å². The van der Waals surface area contributed by atoms with Gasteiger partial charge >= 0.3 is 5.97 Å². The Morgan fingerprint density at radius 3 is 2.79 bits per heavy atom. The third kappa shape index (κ3) is 3.54. The molecular formula is C19H21BrN4O3S. The second kappa shape index (κ2) is 7.81.